The number of rotatable bonds is 11. The molecule has 2 rings (SSSR count). The molecule has 2 atom stereocenters. The van der Waals surface area contributed by atoms with E-state index in [0.29, 0.717) is 19.1 Å². The number of nitrogens with zero attached hydrogens (tertiary/aromatic N) is 1. The van der Waals surface area contributed by atoms with Gasteiger partial charge in [-0.25, -0.2) is 4.21 Å². The molecule has 6 nitrogen and oxygen atoms in total. The second-order valence-corrected chi connectivity index (χ2v) is 12.2. The minimum Gasteiger partial charge on any atom is -0.465 e. The lowest BCUT2D eigenvalue weighted by atomic mass is 10.0. The van der Waals surface area contributed by atoms with Gasteiger partial charge in [0, 0.05) is 22.5 Å². The van der Waals surface area contributed by atoms with Gasteiger partial charge < -0.3 is 10.1 Å². The standard InChI is InChI=1S/C26H40N2O4S2/c1-9-32-25(29)23(18(4)5)27-16-19-10-12-20(13-11-19)22-15-21(14-17(2)3)33-24(22)28(34(30)31)26(6,7)8/h10-13,15,17-18,23,27H,9,14,16H2,1-8H3,(H,30,31). The molecular formula is C26H40N2O4S2. The number of hydrogen-bond donors (Lipinski definition) is 2. The molecule has 0 spiro atoms. The molecule has 0 amide bonds. The average Bonchev–Trinajstić information content (AvgIpc) is 3.09. The molecule has 0 fully saturated rings. The maximum atomic E-state index is 12.3. The summed E-state index contributed by atoms with van der Waals surface area (Å²) in [6.07, 6.45) is 0.917. The summed E-state index contributed by atoms with van der Waals surface area (Å²) < 4.78 is 29.2. The summed E-state index contributed by atoms with van der Waals surface area (Å²) in [6.45, 7) is 16.9. The van der Waals surface area contributed by atoms with E-state index < -0.39 is 16.8 Å². The van der Waals surface area contributed by atoms with Gasteiger partial charge in [-0.15, -0.1) is 11.3 Å². The highest BCUT2D eigenvalue weighted by Crippen LogP contribution is 2.43. The molecule has 1 aromatic carbocycles. The van der Waals surface area contributed by atoms with E-state index in [0.717, 1.165) is 28.1 Å². The number of nitrogens with one attached hydrogen (secondary N) is 1. The number of hydrogen-bond acceptors (Lipinski definition) is 5. The van der Waals surface area contributed by atoms with Crippen LogP contribution in [-0.2, 0) is 33.8 Å². The maximum absolute atomic E-state index is 12.3. The molecule has 8 heteroatoms. The van der Waals surface area contributed by atoms with Crippen LogP contribution in [-0.4, -0.2) is 32.9 Å². The van der Waals surface area contributed by atoms with Crippen molar-refractivity contribution in [2.75, 3.05) is 10.9 Å². The number of thiophene rings is 1. The van der Waals surface area contributed by atoms with Crippen LogP contribution >= 0.6 is 11.3 Å². The molecule has 2 aromatic rings. The lowest BCUT2D eigenvalue weighted by Crippen LogP contribution is -2.42. The van der Waals surface area contributed by atoms with Crippen molar-refractivity contribution < 1.29 is 18.3 Å². The first-order valence-corrected chi connectivity index (χ1v) is 13.8. The molecule has 0 radical (unpaired) electrons. The zero-order valence-corrected chi connectivity index (χ0v) is 23.3. The van der Waals surface area contributed by atoms with Crippen LogP contribution in [0.15, 0.2) is 30.3 Å². The third kappa shape index (κ3) is 7.63. The van der Waals surface area contributed by atoms with Crippen LogP contribution in [0.3, 0.4) is 0 Å². The van der Waals surface area contributed by atoms with Crippen LogP contribution < -0.4 is 9.62 Å². The quantitative estimate of drug-likeness (QED) is 0.286. The smallest absolute Gasteiger partial charge is 0.323 e. The molecule has 190 valence electrons. The molecule has 0 aliphatic heterocycles. The van der Waals surface area contributed by atoms with Gasteiger partial charge in [0.1, 0.15) is 11.0 Å². The van der Waals surface area contributed by atoms with Gasteiger partial charge in [-0.2, -0.15) is 0 Å². The summed E-state index contributed by atoms with van der Waals surface area (Å²) >= 11 is -0.556. The molecule has 0 aliphatic carbocycles. The van der Waals surface area contributed by atoms with Crippen LogP contribution in [0, 0.1) is 11.8 Å². The van der Waals surface area contributed by atoms with Gasteiger partial charge in [0.15, 0.2) is 0 Å². The number of esters is 1. The van der Waals surface area contributed by atoms with E-state index in [9.17, 15) is 13.6 Å². The lowest BCUT2D eigenvalue weighted by Gasteiger charge is -2.33. The number of carbonyl (C=O) groups excluding carboxylic acids is 1. The highest BCUT2D eigenvalue weighted by Gasteiger charge is 2.31. The molecule has 2 N–H and O–H groups in total. The van der Waals surface area contributed by atoms with Crippen LogP contribution in [0.5, 0.6) is 0 Å². The Bertz CT molecular complexity index is 962. The summed E-state index contributed by atoms with van der Waals surface area (Å²) in [6, 6.07) is 9.93. The number of carbonyl (C=O) groups is 1. The van der Waals surface area contributed by atoms with Gasteiger partial charge in [0.2, 0.25) is 0 Å². The Hall–Kier alpha value is -1.74. The van der Waals surface area contributed by atoms with Crippen molar-refractivity contribution in [1.29, 1.82) is 0 Å². The molecule has 0 saturated carbocycles. The molecule has 1 aromatic heterocycles. The van der Waals surface area contributed by atoms with Crippen LogP contribution in [0.1, 0.15) is 65.8 Å². The highest BCUT2D eigenvalue weighted by atomic mass is 32.2. The van der Waals surface area contributed by atoms with Gasteiger partial charge >= 0.3 is 5.97 Å². The van der Waals surface area contributed by atoms with Crippen molar-refractivity contribution in [2.45, 2.75) is 79.9 Å². The van der Waals surface area contributed by atoms with E-state index in [4.69, 9.17) is 4.74 Å². The normalized spacial score (nSPS) is 13.9. The monoisotopic (exact) mass is 508 g/mol. The third-order valence-electron chi connectivity index (χ3n) is 5.32. The van der Waals surface area contributed by atoms with Gasteiger partial charge in [-0.1, -0.05) is 52.0 Å². The topological polar surface area (TPSA) is 78.9 Å². The van der Waals surface area contributed by atoms with E-state index >= 15 is 0 Å². The molecular weight excluding hydrogens is 468 g/mol. The summed E-state index contributed by atoms with van der Waals surface area (Å²) in [5, 5.41) is 4.12. The van der Waals surface area contributed by atoms with Crippen molar-refractivity contribution >= 4 is 33.6 Å². The summed E-state index contributed by atoms with van der Waals surface area (Å²) in [4.78, 5) is 13.4. The van der Waals surface area contributed by atoms with Crippen molar-refractivity contribution in [1.82, 2.24) is 5.32 Å². The Kier molecular flexibility index (Phi) is 10.3. The number of ether oxygens (including phenoxy) is 1. The fourth-order valence-electron chi connectivity index (χ4n) is 3.76. The summed E-state index contributed by atoms with van der Waals surface area (Å²) in [5.74, 6) is 0.381. The fourth-order valence-corrected chi connectivity index (χ4v) is 6.25. The number of anilines is 1. The Morgan fingerprint density at radius 3 is 2.26 bits per heavy atom. The van der Waals surface area contributed by atoms with E-state index in [2.05, 4.69) is 25.2 Å². The first kappa shape index (κ1) is 28.5. The lowest BCUT2D eigenvalue weighted by molar-refractivity contribution is -0.146. The van der Waals surface area contributed by atoms with Gasteiger partial charge in [0.25, 0.3) is 11.3 Å². The Balaban J connectivity index is 2.34. The minimum absolute atomic E-state index is 0.119. The van der Waals surface area contributed by atoms with Gasteiger partial charge in [-0.05, 0) is 63.1 Å². The van der Waals surface area contributed by atoms with Gasteiger partial charge in [0.05, 0.1) is 6.61 Å². The van der Waals surface area contributed by atoms with Crippen molar-refractivity contribution in [3.05, 3.63) is 40.8 Å². The van der Waals surface area contributed by atoms with Crippen LogP contribution in [0.4, 0.5) is 5.00 Å². The second kappa shape index (κ2) is 12.3. The maximum Gasteiger partial charge on any atom is 0.323 e. The Morgan fingerprint density at radius 1 is 1.18 bits per heavy atom. The molecule has 0 aliphatic rings. The Labute approximate surface area is 211 Å². The second-order valence-electron chi connectivity index (χ2n) is 10.3. The zero-order valence-electron chi connectivity index (χ0n) is 21.7. The predicted molar refractivity (Wildman–Crippen MR) is 143 cm³/mol. The van der Waals surface area contributed by atoms with Crippen LogP contribution in [0.25, 0.3) is 11.1 Å². The van der Waals surface area contributed by atoms with E-state index in [-0.39, 0.29) is 17.9 Å². The SMILES string of the molecule is CCOC(=O)C(NCc1ccc(-c2cc(CC(C)C)sc2N(S(=O)O)C(C)(C)C)cc1)C(C)C. The molecule has 1 heterocycles. The minimum atomic E-state index is -2.14. The fraction of sp³-hybridized carbons (Fsp3) is 0.577. The zero-order chi connectivity index (χ0) is 25.6. The third-order valence-corrected chi connectivity index (χ3v) is 7.62. The van der Waals surface area contributed by atoms with Crippen LogP contribution in [0.2, 0.25) is 0 Å². The van der Waals surface area contributed by atoms with Crippen molar-refractivity contribution in [3.63, 3.8) is 0 Å². The summed E-state index contributed by atoms with van der Waals surface area (Å²) in [5.41, 5.74) is 2.49. The molecule has 0 saturated heterocycles. The molecule has 34 heavy (non-hydrogen) atoms. The Morgan fingerprint density at radius 2 is 1.79 bits per heavy atom. The van der Waals surface area contributed by atoms with Crippen molar-refractivity contribution in [3.8, 4) is 11.1 Å². The summed E-state index contributed by atoms with van der Waals surface area (Å²) in [7, 11) is 0. The van der Waals surface area contributed by atoms with E-state index in [1.807, 2.05) is 65.8 Å². The first-order valence-electron chi connectivity index (χ1n) is 11.9. The molecule has 0 bridgehead atoms. The van der Waals surface area contributed by atoms with Gasteiger partial charge in [-0.3, -0.25) is 13.7 Å². The van der Waals surface area contributed by atoms with Crippen molar-refractivity contribution in [2.24, 2.45) is 11.8 Å². The average molecular weight is 509 g/mol. The molecule has 2 unspecified atom stereocenters. The predicted octanol–water partition coefficient (Wildman–Crippen LogP) is 6.03. The number of benzene rings is 1. The van der Waals surface area contributed by atoms with E-state index in [1.54, 1.807) is 15.6 Å². The first-order chi connectivity index (χ1) is 15.8. The largest absolute Gasteiger partial charge is 0.465 e. The van der Waals surface area contributed by atoms with E-state index in [1.165, 1.54) is 4.88 Å². The highest BCUT2D eigenvalue weighted by molar-refractivity contribution is 7.81.